The van der Waals surface area contributed by atoms with E-state index >= 15 is 0 Å². The quantitative estimate of drug-likeness (QED) is 0.528. The number of aromatic amines is 1. The number of aryl methyl sites for hydroxylation is 2. The summed E-state index contributed by atoms with van der Waals surface area (Å²) in [6.07, 6.45) is -1.14. The Morgan fingerprint density at radius 1 is 1.07 bits per heavy atom. The summed E-state index contributed by atoms with van der Waals surface area (Å²) in [4.78, 5) is 20.2. The molecular weight excluding hydrogens is 385 g/mol. The summed E-state index contributed by atoms with van der Waals surface area (Å²) in [6, 6.07) is 4.83. The summed E-state index contributed by atoms with van der Waals surface area (Å²) in [5.74, 6) is 0.602. The number of amides is 1. The third-order valence-corrected chi connectivity index (χ3v) is 5.71. The molecule has 0 bridgehead atoms. The van der Waals surface area contributed by atoms with Gasteiger partial charge in [-0.05, 0) is 75.1 Å². The lowest BCUT2D eigenvalue weighted by Crippen LogP contribution is -2.16. The number of nitrogens with zero attached hydrogens (tertiary/aromatic N) is 1. The number of carbonyl (C=O) groups is 1. The fourth-order valence-electron chi connectivity index (χ4n) is 2.99. The van der Waals surface area contributed by atoms with Gasteiger partial charge in [0.1, 0.15) is 5.82 Å². The van der Waals surface area contributed by atoms with E-state index in [2.05, 4.69) is 43.0 Å². The zero-order chi connectivity index (χ0) is 19.9. The highest BCUT2D eigenvalue weighted by molar-refractivity contribution is 6.42. The fourth-order valence-corrected chi connectivity index (χ4v) is 3.29. The molecule has 1 unspecified atom stereocenters. The minimum absolute atomic E-state index is 0.358. The molecular formula is C20H21Cl2N3O2. The molecule has 0 spiro atoms. The Labute approximate surface area is 168 Å². The molecule has 3 aromatic rings. The van der Waals surface area contributed by atoms with Crippen LogP contribution in [0.15, 0.2) is 18.2 Å². The van der Waals surface area contributed by atoms with E-state index in [1.807, 2.05) is 0 Å². The number of aromatic nitrogens is 2. The number of benzene rings is 2. The largest absolute Gasteiger partial charge is 0.438 e. The predicted octanol–water partition coefficient (Wildman–Crippen LogP) is 6.41. The smallest absolute Gasteiger partial charge is 0.412 e. The van der Waals surface area contributed by atoms with Crippen LogP contribution in [0, 0.1) is 27.7 Å². The van der Waals surface area contributed by atoms with Gasteiger partial charge in [0.2, 0.25) is 0 Å². The summed E-state index contributed by atoms with van der Waals surface area (Å²) in [7, 11) is 0. The molecule has 0 aliphatic rings. The maximum atomic E-state index is 12.2. The molecule has 0 saturated carbocycles. The van der Waals surface area contributed by atoms with Crippen LogP contribution in [0.2, 0.25) is 10.0 Å². The van der Waals surface area contributed by atoms with Crippen LogP contribution in [0.4, 0.5) is 10.5 Å². The number of halogens is 2. The number of hydrogen-bond donors (Lipinski definition) is 2. The van der Waals surface area contributed by atoms with Gasteiger partial charge in [-0.1, -0.05) is 23.2 Å². The van der Waals surface area contributed by atoms with Gasteiger partial charge in [0.25, 0.3) is 0 Å². The maximum Gasteiger partial charge on any atom is 0.412 e. The molecule has 0 radical (unpaired) electrons. The van der Waals surface area contributed by atoms with E-state index in [0.717, 1.165) is 22.2 Å². The lowest BCUT2D eigenvalue weighted by molar-refractivity contribution is 0.117. The minimum Gasteiger partial charge on any atom is -0.438 e. The van der Waals surface area contributed by atoms with Crippen LogP contribution in [0.25, 0.3) is 11.0 Å². The van der Waals surface area contributed by atoms with E-state index in [-0.39, 0.29) is 0 Å². The number of nitrogens with one attached hydrogen (secondary N) is 2. The summed E-state index contributed by atoms with van der Waals surface area (Å²) in [5, 5.41) is 3.42. The van der Waals surface area contributed by atoms with Crippen molar-refractivity contribution in [2.45, 2.75) is 40.7 Å². The lowest BCUT2D eigenvalue weighted by atomic mass is 9.98. The van der Waals surface area contributed by atoms with Crippen molar-refractivity contribution in [2.24, 2.45) is 0 Å². The standard InChI is InChI=1S/C20H21Cl2N3O2/c1-9-10(2)12(4)18-17(11(9)3)24-19(25-18)13(5)27-20(26)23-14-6-7-15(21)16(22)8-14/h6-8,13H,1-5H3,(H,23,26)(H,24,25). The Hall–Kier alpha value is -2.24. The van der Waals surface area contributed by atoms with Crippen LogP contribution in [-0.2, 0) is 4.74 Å². The molecule has 1 amide bonds. The van der Waals surface area contributed by atoms with Crippen LogP contribution in [0.3, 0.4) is 0 Å². The zero-order valence-electron chi connectivity index (χ0n) is 15.8. The topological polar surface area (TPSA) is 67.0 Å². The highest BCUT2D eigenvalue weighted by atomic mass is 35.5. The molecule has 1 heterocycles. The number of hydrogen-bond acceptors (Lipinski definition) is 3. The number of fused-ring (bicyclic) bond motifs is 1. The number of H-pyrrole nitrogens is 1. The second-order valence-electron chi connectivity index (χ2n) is 6.65. The van der Waals surface area contributed by atoms with Crippen molar-refractivity contribution in [1.82, 2.24) is 9.97 Å². The first-order valence-corrected chi connectivity index (χ1v) is 9.33. The molecule has 2 aromatic carbocycles. The Morgan fingerprint density at radius 2 is 1.74 bits per heavy atom. The third kappa shape index (κ3) is 3.75. The SMILES string of the molecule is Cc1c(C)c(C)c2[nH]c(C(C)OC(=O)Nc3ccc(Cl)c(Cl)c3)nc2c1C. The molecule has 3 rings (SSSR count). The van der Waals surface area contributed by atoms with E-state index in [9.17, 15) is 4.79 Å². The van der Waals surface area contributed by atoms with Crippen molar-refractivity contribution in [3.63, 3.8) is 0 Å². The van der Waals surface area contributed by atoms with E-state index in [1.165, 1.54) is 11.1 Å². The van der Waals surface area contributed by atoms with Gasteiger partial charge >= 0.3 is 6.09 Å². The third-order valence-electron chi connectivity index (χ3n) is 4.97. The second kappa shape index (κ2) is 7.41. The summed E-state index contributed by atoms with van der Waals surface area (Å²) < 4.78 is 5.46. The highest BCUT2D eigenvalue weighted by Crippen LogP contribution is 2.29. The Bertz CT molecular complexity index is 999. The average Bonchev–Trinajstić information content (AvgIpc) is 3.07. The molecule has 0 fully saturated rings. The first kappa shape index (κ1) is 19.5. The molecule has 5 nitrogen and oxygen atoms in total. The molecule has 2 N–H and O–H groups in total. The average molecular weight is 406 g/mol. The van der Waals surface area contributed by atoms with Crippen LogP contribution in [-0.4, -0.2) is 16.1 Å². The highest BCUT2D eigenvalue weighted by Gasteiger charge is 2.19. The summed E-state index contributed by atoms with van der Waals surface area (Å²) >= 11 is 11.8. The Balaban J connectivity index is 1.80. The molecule has 27 heavy (non-hydrogen) atoms. The number of rotatable bonds is 3. The van der Waals surface area contributed by atoms with Crippen LogP contribution >= 0.6 is 23.2 Å². The van der Waals surface area contributed by atoms with E-state index in [4.69, 9.17) is 27.9 Å². The molecule has 7 heteroatoms. The van der Waals surface area contributed by atoms with E-state index in [1.54, 1.807) is 25.1 Å². The first-order chi connectivity index (χ1) is 12.7. The Morgan fingerprint density at radius 3 is 2.41 bits per heavy atom. The number of carbonyl (C=O) groups excluding carboxylic acids is 1. The Kier molecular flexibility index (Phi) is 5.36. The number of ether oxygens (including phenoxy) is 1. The van der Waals surface area contributed by atoms with Crippen molar-refractivity contribution >= 4 is 46.0 Å². The van der Waals surface area contributed by atoms with Gasteiger partial charge < -0.3 is 9.72 Å². The molecule has 0 aliphatic heterocycles. The van der Waals surface area contributed by atoms with Crippen molar-refractivity contribution in [1.29, 1.82) is 0 Å². The van der Waals surface area contributed by atoms with Crippen LogP contribution in [0.1, 0.15) is 41.1 Å². The van der Waals surface area contributed by atoms with Crippen LogP contribution in [0.5, 0.6) is 0 Å². The van der Waals surface area contributed by atoms with Gasteiger partial charge in [0.15, 0.2) is 6.10 Å². The maximum absolute atomic E-state index is 12.2. The van der Waals surface area contributed by atoms with Gasteiger partial charge in [-0.15, -0.1) is 0 Å². The molecule has 1 aromatic heterocycles. The fraction of sp³-hybridized carbons (Fsp3) is 0.300. The van der Waals surface area contributed by atoms with Crippen molar-refractivity contribution in [3.05, 3.63) is 56.3 Å². The normalized spacial score (nSPS) is 12.3. The van der Waals surface area contributed by atoms with Crippen molar-refractivity contribution in [2.75, 3.05) is 5.32 Å². The molecule has 0 saturated heterocycles. The first-order valence-electron chi connectivity index (χ1n) is 8.57. The predicted molar refractivity (Wildman–Crippen MR) is 110 cm³/mol. The van der Waals surface area contributed by atoms with Gasteiger partial charge in [0, 0.05) is 5.69 Å². The van der Waals surface area contributed by atoms with E-state index in [0.29, 0.717) is 21.6 Å². The summed E-state index contributed by atoms with van der Waals surface area (Å²) in [6.45, 7) is 10.1. The summed E-state index contributed by atoms with van der Waals surface area (Å²) in [5.41, 5.74) is 7.13. The van der Waals surface area contributed by atoms with Gasteiger partial charge in [-0.25, -0.2) is 9.78 Å². The zero-order valence-corrected chi connectivity index (χ0v) is 17.3. The van der Waals surface area contributed by atoms with Crippen molar-refractivity contribution < 1.29 is 9.53 Å². The number of anilines is 1. The lowest BCUT2D eigenvalue weighted by Gasteiger charge is -2.12. The number of imidazole rings is 1. The van der Waals surface area contributed by atoms with E-state index < -0.39 is 12.2 Å². The second-order valence-corrected chi connectivity index (χ2v) is 7.46. The molecule has 0 aliphatic carbocycles. The van der Waals surface area contributed by atoms with Crippen molar-refractivity contribution in [3.8, 4) is 0 Å². The van der Waals surface area contributed by atoms with Gasteiger partial charge in [-0.3, -0.25) is 5.32 Å². The van der Waals surface area contributed by atoms with Crippen LogP contribution < -0.4 is 5.32 Å². The molecule has 142 valence electrons. The molecule has 1 atom stereocenters. The van der Waals surface area contributed by atoms with Gasteiger partial charge in [0.05, 0.1) is 21.1 Å². The van der Waals surface area contributed by atoms with Gasteiger partial charge in [-0.2, -0.15) is 0 Å². The monoisotopic (exact) mass is 405 g/mol. The minimum atomic E-state index is -0.595.